The van der Waals surface area contributed by atoms with E-state index in [0.29, 0.717) is 17.5 Å². The number of aryl methyl sites for hydroxylation is 2. The summed E-state index contributed by atoms with van der Waals surface area (Å²) in [7, 11) is 0. The first-order valence-electron chi connectivity index (χ1n) is 13.8. The number of hydrogen-bond acceptors (Lipinski definition) is 0. The third-order valence-corrected chi connectivity index (χ3v) is 7.60. The van der Waals surface area contributed by atoms with Crippen molar-refractivity contribution in [3.8, 4) is 39.2 Å². The van der Waals surface area contributed by atoms with Gasteiger partial charge in [0.1, 0.15) is 0 Å². The summed E-state index contributed by atoms with van der Waals surface area (Å²) in [4.78, 5) is 3.65. The Morgan fingerprint density at radius 2 is 1.21 bits per heavy atom. The maximum absolute atomic E-state index is 7.43. The Morgan fingerprint density at radius 3 is 1.79 bits per heavy atom. The smallest absolute Gasteiger partial charge is 0.187 e. The fraction of sp³-hybridized carbons (Fsp3) is 0.216. The average molecular weight is 509 g/mol. The first-order chi connectivity index (χ1) is 18.8. The summed E-state index contributed by atoms with van der Waals surface area (Å²) in [6.45, 7) is 20.8. The van der Waals surface area contributed by atoms with Gasteiger partial charge in [0.25, 0.3) is 0 Å². The van der Waals surface area contributed by atoms with Crippen molar-refractivity contribution < 1.29 is 0 Å². The minimum absolute atomic E-state index is 0.369. The lowest BCUT2D eigenvalue weighted by molar-refractivity contribution is 0.808. The summed E-state index contributed by atoms with van der Waals surface area (Å²) in [5, 5.41) is 0. The van der Waals surface area contributed by atoms with Crippen LogP contribution in [0.1, 0.15) is 61.8 Å². The molecule has 4 aromatic carbocycles. The van der Waals surface area contributed by atoms with Crippen LogP contribution in [0.25, 0.3) is 44.0 Å². The van der Waals surface area contributed by atoms with Crippen LogP contribution in [-0.2, 0) is 0 Å². The van der Waals surface area contributed by atoms with Gasteiger partial charge < -0.3 is 4.57 Å². The Morgan fingerprint density at radius 1 is 0.615 bits per heavy atom. The average Bonchev–Trinajstić information content (AvgIpc) is 3.42. The Hall–Kier alpha value is -4.35. The Bertz CT molecular complexity index is 1620. The van der Waals surface area contributed by atoms with Gasteiger partial charge in [-0.15, -0.1) is 0 Å². The number of nitrogens with zero attached hydrogens (tertiary/aromatic N) is 2. The van der Waals surface area contributed by atoms with Gasteiger partial charge in [0.2, 0.25) is 0 Å². The summed E-state index contributed by atoms with van der Waals surface area (Å²) in [6.07, 6.45) is 2.21. The van der Waals surface area contributed by atoms with E-state index in [1.54, 1.807) is 0 Å². The topological polar surface area (TPSA) is 9.29 Å². The van der Waals surface area contributed by atoms with Crippen LogP contribution in [0.3, 0.4) is 0 Å². The van der Waals surface area contributed by atoms with Crippen LogP contribution in [0.4, 0.5) is 5.69 Å². The van der Waals surface area contributed by atoms with E-state index in [9.17, 15) is 0 Å². The third-order valence-electron chi connectivity index (χ3n) is 7.60. The molecule has 1 aromatic heterocycles. The summed E-state index contributed by atoms with van der Waals surface area (Å²) in [5.74, 6) is 0.739. The van der Waals surface area contributed by atoms with E-state index in [1.807, 2.05) is 12.1 Å². The molecule has 0 aliphatic carbocycles. The summed E-state index contributed by atoms with van der Waals surface area (Å²) in [6, 6.07) is 32.6. The van der Waals surface area contributed by atoms with Crippen LogP contribution >= 0.6 is 0 Å². The van der Waals surface area contributed by atoms with E-state index < -0.39 is 0 Å². The van der Waals surface area contributed by atoms with Gasteiger partial charge in [0, 0.05) is 6.20 Å². The van der Waals surface area contributed by atoms with Crippen LogP contribution in [-0.4, -0.2) is 4.57 Å². The highest BCUT2D eigenvalue weighted by molar-refractivity contribution is 5.79. The number of benzene rings is 4. The summed E-state index contributed by atoms with van der Waals surface area (Å²) >= 11 is 0. The molecule has 5 aromatic rings. The normalized spacial score (nSPS) is 11.3. The largest absolute Gasteiger partial charge is 0.316 e. The molecule has 0 aliphatic heterocycles. The van der Waals surface area contributed by atoms with E-state index in [4.69, 9.17) is 6.57 Å². The van der Waals surface area contributed by atoms with Crippen LogP contribution in [0.15, 0.2) is 97.2 Å². The first-order valence-corrected chi connectivity index (χ1v) is 13.8. The van der Waals surface area contributed by atoms with Gasteiger partial charge in [-0.05, 0) is 95.0 Å². The van der Waals surface area contributed by atoms with Gasteiger partial charge in [-0.1, -0.05) is 99.5 Å². The fourth-order valence-electron chi connectivity index (χ4n) is 5.74. The van der Waals surface area contributed by atoms with Crippen LogP contribution in [0, 0.1) is 20.4 Å². The van der Waals surface area contributed by atoms with Crippen molar-refractivity contribution >= 4 is 5.69 Å². The lowest BCUT2D eigenvalue weighted by atomic mass is 9.88. The first kappa shape index (κ1) is 26.3. The molecule has 0 saturated heterocycles. The second kappa shape index (κ2) is 10.8. The molecule has 1 heterocycles. The lowest BCUT2D eigenvalue weighted by Crippen LogP contribution is -2.08. The molecule has 0 radical (unpaired) electrons. The van der Waals surface area contributed by atoms with E-state index in [2.05, 4.69) is 136 Å². The van der Waals surface area contributed by atoms with E-state index in [1.165, 1.54) is 50.3 Å². The Balaban J connectivity index is 1.69. The predicted molar refractivity (Wildman–Crippen MR) is 166 cm³/mol. The molecule has 2 nitrogen and oxygen atoms in total. The molecule has 5 rings (SSSR count). The molecule has 0 fully saturated rings. The molecule has 194 valence electrons. The minimum Gasteiger partial charge on any atom is -0.316 e. The maximum atomic E-state index is 7.43. The van der Waals surface area contributed by atoms with Gasteiger partial charge in [-0.25, -0.2) is 4.85 Å². The van der Waals surface area contributed by atoms with Gasteiger partial charge in [-0.3, -0.25) is 0 Å². The fourth-order valence-corrected chi connectivity index (χ4v) is 5.74. The molecule has 0 N–H and O–H groups in total. The van der Waals surface area contributed by atoms with Crippen LogP contribution in [0.2, 0.25) is 0 Å². The van der Waals surface area contributed by atoms with E-state index in [-0.39, 0.29) is 0 Å². The van der Waals surface area contributed by atoms with Gasteiger partial charge in [-0.2, -0.15) is 0 Å². The molecule has 0 spiro atoms. The molecular formula is C37H36N2. The van der Waals surface area contributed by atoms with Crippen molar-refractivity contribution in [1.82, 2.24) is 4.57 Å². The molecule has 2 heteroatoms. The van der Waals surface area contributed by atoms with Crippen molar-refractivity contribution in [2.24, 2.45) is 0 Å². The highest BCUT2D eigenvalue weighted by Gasteiger charge is 2.20. The van der Waals surface area contributed by atoms with Gasteiger partial charge in [0.15, 0.2) is 5.69 Å². The van der Waals surface area contributed by atoms with Gasteiger partial charge >= 0.3 is 0 Å². The number of aromatic nitrogens is 1. The summed E-state index contributed by atoms with van der Waals surface area (Å²) in [5.41, 5.74) is 14.2. The monoisotopic (exact) mass is 508 g/mol. The second-order valence-electron chi connectivity index (χ2n) is 11.1. The van der Waals surface area contributed by atoms with Crippen LogP contribution in [0.5, 0.6) is 0 Å². The molecular weight excluding hydrogens is 472 g/mol. The zero-order chi connectivity index (χ0) is 27.7. The Labute approximate surface area is 233 Å². The molecule has 39 heavy (non-hydrogen) atoms. The minimum atomic E-state index is 0.369. The van der Waals surface area contributed by atoms with Crippen molar-refractivity contribution in [3.05, 3.63) is 131 Å². The van der Waals surface area contributed by atoms with Crippen LogP contribution < -0.4 is 0 Å². The molecule has 0 unspecified atom stereocenters. The maximum Gasteiger partial charge on any atom is 0.187 e. The molecule has 0 aliphatic rings. The molecule has 0 saturated carbocycles. The third kappa shape index (κ3) is 5.06. The highest BCUT2D eigenvalue weighted by Crippen LogP contribution is 2.39. The van der Waals surface area contributed by atoms with Crippen molar-refractivity contribution in [1.29, 1.82) is 0 Å². The molecule has 0 bridgehead atoms. The lowest BCUT2D eigenvalue weighted by Gasteiger charge is -2.24. The number of rotatable bonds is 6. The van der Waals surface area contributed by atoms with E-state index >= 15 is 0 Å². The SMILES string of the molecule is [C-]#[N+]c1cc(C)c(-c2cccc(-c3cccn3-c3c(C(C)C)cc(-c4ccccc4)cc3C(C)C)c2)c(C)c1. The van der Waals surface area contributed by atoms with Gasteiger partial charge in [0.05, 0.1) is 18.0 Å². The standard InChI is InChI=1S/C37H36N2/c1-24(2)33-22-31(28-13-9-8-10-14-28)23-34(25(3)4)37(33)39-18-12-17-35(39)29-15-11-16-30(21-29)36-26(5)19-32(38-7)20-27(36)6/h8-25H,1-6H3. The van der Waals surface area contributed by atoms with Crippen molar-refractivity contribution in [2.75, 3.05) is 0 Å². The predicted octanol–water partition coefficient (Wildman–Crippen LogP) is 10.9. The zero-order valence-electron chi connectivity index (χ0n) is 23.8. The van der Waals surface area contributed by atoms with E-state index in [0.717, 1.165) is 11.1 Å². The van der Waals surface area contributed by atoms with Crippen molar-refractivity contribution in [2.45, 2.75) is 53.4 Å². The highest BCUT2D eigenvalue weighted by atomic mass is 15.0. The van der Waals surface area contributed by atoms with Crippen molar-refractivity contribution in [3.63, 3.8) is 0 Å². The Kier molecular flexibility index (Phi) is 7.27. The molecule has 0 amide bonds. The second-order valence-corrected chi connectivity index (χ2v) is 11.1. The zero-order valence-corrected chi connectivity index (χ0v) is 23.8. The summed E-state index contributed by atoms with van der Waals surface area (Å²) < 4.78 is 2.39. The number of hydrogen-bond donors (Lipinski definition) is 0. The quantitative estimate of drug-likeness (QED) is 0.202. The molecule has 0 atom stereocenters.